The van der Waals surface area contributed by atoms with Crippen LogP contribution in [0.25, 0.3) is 0 Å². The van der Waals surface area contributed by atoms with Crippen molar-refractivity contribution in [3.63, 3.8) is 0 Å². The Bertz CT molecular complexity index is 480. The zero-order valence-electron chi connectivity index (χ0n) is 11.5. The molecule has 2 saturated heterocycles. The first kappa shape index (κ1) is 12.6. The summed E-state index contributed by atoms with van der Waals surface area (Å²) in [6.45, 7) is 4.70. The minimum absolute atomic E-state index is 0.0910. The van der Waals surface area contributed by atoms with Crippen LogP contribution in [0.15, 0.2) is 18.2 Å². The van der Waals surface area contributed by atoms with Crippen LogP contribution >= 0.6 is 0 Å². The van der Waals surface area contributed by atoms with Crippen molar-refractivity contribution in [3.8, 4) is 0 Å². The number of rotatable bonds is 2. The highest BCUT2D eigenvalue weighted by molar-refractivity contribution is 5.79. The van der Waals surface area contributed by atoms with Crippen molar-refractivity contribution < 1.29 is 4.79 Å². The lowest BCUT2D eigenvalue weighted by Gasteiger charge is -2.41. The molecule has 0 atom stereocenters. The molecule has 102 valence electrons. The lowest BCUT2D eigenvalue weighted by atomic mass is 9.85. The van der Waals surface area contributed by atoms with Crippen LogP contribution in [0, 0.1) is 6.92 Å². The van der Waals surface area contributed by atoms with Crippen molar-refractivity contribution in [1.29, 1.82) is 0 Å². The molecule has 0 aromatic carbocycles. The predicted octanol–water partition coefficient (Wildman–Crippen LogP) is 1.63. The van der Waals surface area contributed by atoms with E-state index in [1.54, 1.807) is 0 Å². The van der Waals surface area contributed by atoms with Gasteiger partial charge in [0, 0.05) is 17.7 Å². The number of carbonyl (C=O) groups is 1. The van der Waals surface area contributed by atoms with E-state index >= 15 is 0 Å². The zero-order valence-corrected chi connectivity index (χ0v) is 11.5. The molecule has 4 heteroatoms. The van der Waals surface area contributed by atoms with E-state index in [1.165, 1.54) is 0 Å². The largest absolute Gasteiger partial charge is 0.331 e. The van der Waals surface area contributed by atoms with E-state index < -0.39 is 0 Å². The van der Waals surface area contributed by atoms with E-state index in [0.29, 0.717) is 18.9 Å². The Morgan fingerprint density at radius 2 is 2.11 bits per heavy atom. The normalized spacial score (nSPS) is 22.2. The first-order chi connectivity index (χ1) is 9.20. The molecule has 0 radical (unpaired) electrons. The molecule has 0 aliphatic carbocycles. The molecular weight excluding hydrogens is 238 g/mol. The van der Waals surface area contributed by atoms with Crippen LogP contribution in [-0.2, 0) is 11.3 Å². The van der Waals surface area contributed by atoms with Crippen molar-refractivity contribution >= 4 is 5.91 Å². The number of hydrogen-bond donors (Lipinski definition) is 1. The van der Waals surface area contributed by atoms with Gasteiger partial charge >= 0.3 is 0 Å². The first-order valence-corrected chi connectivity index (χ1v) is 7.13. The van der Waals surface area contributed by atoms with Crippen LogP contribution in [0.3, 0.4) is 0 Å². The Labute approximate surface area is 114 Å². The van der Waals surface area contributed by atoms with Gasteiger partial charge in [0.05, 0.1) is 12.2 Å². The third kappa shape index (κ3) is 2.37. The summed E-state index contributed by atoms with van der Waals surface area (Å²) in [5.41, 5.74) is 2.12. The van der Waals surface area contributed by atoms with Gasteiger partial charge in [0.1, 0.15) is 0 Å². The minimum Gasteiger partial charge on any atom is -0.331 e. The molecule has 1 aromatic rings. The van der Waals surface area contributed by atoms with E-state index in [-0.39, 0.29) is 5.54 Å². The number of carbonyl (C=O) groups excluding carboxylic acids is 1. The highest BCUT2D eigenvalue weighted by atomic mass is 16.2. The number of nitrogens with zero attached hydrogens (tertiary/aromatic N) is 2. The second-order valence-electron chi connectivity index (χ2n) is 5.72. The molecule has 19 heavy (non-hydrogen) atoms. The average molecular weight is 259 g/mol. The highest BCUT2D eigenvalue weighted by Crippen LogP contribution is 2.38. The van der Waals surface area contributed by atoms with Crippen molar-refractivity contribution in [3.05, 3.63) is 29.6 Å². The Kier molecular flexibility index (Phi) is 3.27. The summed E-state index contributed by atoms with van der Waals surface area (Å²) in [7, 11) is 0. The number of amides is 1. The Hall–Kier alpha value is -1.42. The molecule has 0 bridgehead atoms. The van der Waals surface area contributed by atoms with Gasteiger partial charge in [-0.2, -0.15) is 0 Å². The summed E-state index contributed by atoms with van der Waals surface area (Å²) < 4.78 is 0. The van der Waals surface area contributed by atoms with Crippen LogP contribution in [0.2, 0.25) is 0 Å². The average Bonchev–Trinajstić information content (AvgIpc) is 2.69. The molecule has 1 N–H and O–H groups in total. The van der Waals surface area contributed by atoms with Gasteiger partial charge in [-0.25, -0.2) is 0 Å². The standard InChI is InChI=1S/C15H21N3O/c1-12-3-2-4-13(17-12)11-18-14(19)5-6-15(18)7-9-16-10-8-15/h2-4,16H,5-11H2,1H3. The van der Waals surface area contributed by atoms with Crippen molar-refractivity contribution in [2.45, 2.75) is 44.7 Å². The van der Waals surface area contributed by atoms with Crippen molar-refractivity contribution in [2.24, 2.45) is 0 Å². The summed E-state index contributed by atoms with van der Waals surface area (Å²) in [5, 5.41) is 3.39. The maximum Gasteiger partial charge on any atom is 0.223 e. The minimum atomic E-state index is 0.0910. The lowest BCUT2D eigenvalue weighted by molar-refractivity contribution is -0.132. The van der Waals surface area contributed by atoms with Gasteiger partial charge in [-0.15, -0.1) is 0 Å². The smallest absolute Gasteiger partial charge is 0.223 e. The summed E-state index contributed by atoms with van der Waals surface area (Å²) in [4.78, 5) is 18.8. The van der Waals surface area contributed by atoms with Gasteiger partial charge in [-0.3, -0.25) is 9.78 Å². The van der Waals surface area contributed by atoms with Crippen LogP contribution in [-0.4, -0.2) is 34.4 Å². The van der Waals surface area contributed by atoms with Gasteiger partial charge in [0.25, 0.3) is 0 Å². The molecular formula is C15H21N3O. The number of aryl methyl sites for hydroxylation is 1. The third-order valence-corrected chi connectivity index (χ3v) is 4.48. The molecule has 3 heterocycles. The molecule has 0 saturated carbocycles. The van der Waals surface area contributed by atoms with Gasteiger partial charge in [-0.05, 0) is 51.4 Å². The second-order valence-corrected chi connectivity index (χ2v) is 5.72. The van der Waals surface area contributed by atoms with Gasteiger partial charge in [0.2, 0.25) is 5.91 Å². The monoisotopic (exact) mass is 259 g/mol. The molecule has 1 aromatic heterocycles. The van der Waals surface area contributed by atoms with E-state index in [1.807, 2.05) is 25.1 Å². The molecule has 2 aliphatic rings. The summed E-state index contributed by atoms with van der Waals surface area (Å²) in [6, 6.07) is 6.04. The fourth-order valence-corrected chi connectivity index (χ4v) is 3.39. The summed E-state index contributed by atoms with van der Waals surface area (Å²) in [5.74, 6) is 0.296. The van der Waals surface area contributed by atoms with Crippen LogP contribution in [0.1, 0.15) is 37.1 Å². The number of nitrogens with one attached hydrogen (secondary N) is 1. The number of piperidine rings is 1. The molecule has 2 aliphatic heterocycles. The van der Waals surface area contributed by atoms with E-state index in [0.717, 1.165) is 43.7 Å². The van der Waals surface area contributed by atoms with Crippen LogP contribution in [0.5, 0.6) is 0 Å². The topological polar surface area (TPSA) is 45.2 Å². The molecule has 2 fully saturated rings. The molecule has 1 spiro atoms. The number of pyridine rings is 1. The molecule has 0 unspecified atom stereocenters. The Balaban J connectivity index is 1.82. The van der Waals surface area contributed by atoms with E-state index in [9.17, 15) is 4.79 Å². The highest BCUT2D eigenvalue weighted by Gasteiger charge is 2.45. The van der Waals surface area contributed by atoms with Crippen LogP contribution in [0.4, 0.5) is 0 Å². The predicted molar refractivity (Wildman–Crippen MR) is 73.6 cm³/mol. The van der Waals surface area contributed by atoms with Gasteiger partial charge in [0.15, 0.2) is 0 Å². The molecule has 1 amide bonds. The zero-order chi connectivity index (χ0) is 13.3. The number of aromatic nitrogens is 1. The summed E-state index contributed by atoms with van der Waals surface area (Å²) in [6.07, 6.45) is 3.86. The fourth-order valence-electron chi connectivity index (χ4n) is 3.39. The van der Waals surface area contributed by atoms with Gasteiger partial charge in [-0.1, -0.05) is 6.07 Å². The number of likely N-dealkylation sites (tertiary alicyclic amines) is 1. The Morgan fingerprint density at radius 1 is 1.32 bits per heavy atom. The lowest BCUT2D eigenvalue weighted by Crippen LogP contribution is -2.51. The maximum absolute atomic E-state index is 12.2. The Morgan fingerprint density at radius 3 is 2.84 bits per heavy atom. The van der Waals surface area contributed by atoms with E-state index in [2.05, 4.69) is 15.2 Å². The van der Waals surface area contributed by atoms with E-state index in [4.69, 9.17) is 0 Å². The molecule has 4 nitrogen and oxygen atoms in total. The third-order valence-electron chi connectivity index (χ3n) is 4.48. The maximum atomic E-state index is 12.2. The van der Waals surface area contributed by atoms with Crippen molar-refractivity contribution in [1.82, 2.24) is 15.2 Å². The SMILES string of the molecule is Cc1cccc(CN2C(=O)CCC23CCNCC3)n1. The fraction of sp³-hybridized carbons (Fsp3) is 0.600. The first-order valence-electron chi connectivity index (χ1n) is 7.13. The quantitative estimate of drug-likeness (QED) is 0.878. The van der Waals surface area contributed by atoms with Crippen molar-refractivity contribution in [2.75, 3.05) is 13.1 Å². The molecule has 3 rings (SSSR count). The number of hydrogen-bond acceptors (Lipinski definition) is 3. The van der Waals surface area contributed by atoms with Crippen LogP contribution < -0.4 is 5.32 Å². The summed E-state index contributed by atoms with van der Waals surface area (Å²) >= 11 is 0. The van der Waals surface area contributed by atoms with Gasteiger partial charge < -0.3 is 10.2 Å². The second kappa shape index (κ2) is 4.93.